The van der Waals surface area contributed by atoms with Gasteiger partial charge in [-0.1, -0.05) is 101 Å². The van der Waals surface area contributed by atoms with Gasteiger partial charge >= 0.3 is 0 Å². The summed E-state index contributed by atoms with van der Waals surface area (Å²) >= 11 is 0. The van der Waals surface area contributed by atoms with Crippen LogP contribution >= 0.6 is 0 Å². The van der Waals surface area contributed by atoms with Gasteiger partial charge in [-0.15, -0.1) is 0 Å². The van der Waals surface area contributed by atoms with Gasteiger partial charge in [0.2, 0.25) is 0 Å². The fraction of sp³-hybridized carbons (Fsp3) is 0.196. The van der Waals surface area contributed by atoms with E-state index in [9.17, 15) is 0 Å². The third-order valence-electron chi connectivity index (χ3n) is 11.7. The van der Waals surface area contributed by atoms with Crippen molar-refractivity contribution in [2.45, 2.75) is 59.3 Å². The molecule has 3 heterocycles. The van der Waals surface area contributed by atoms with E-state index in [-0.39, 0.29) is 10.8 Å². The van der Waals surface area contributed by atoms with Crippen molar-refractivity contribution < 1.29 is 4.74 Å². The van der Waals surface area contributed by atoms with E-state index in [1.165, 1.54) is 55.7 Å². The molecule has 5 nitrogen and oxygen atoms in total. The van der Waals surface area contributed by atoms with Crippen molar-refractivity contribution in [3.8, 4) is 17.3 Å². The van der Waals surface area contributed by atoms with Crippen LogP contribution in [0.3, 0.4) is 0 Å². The van der Waals surface area contributed by atoms with Crippen molar-refractivity contribution >= 4 is 44.6 Å². The maximum atomic E-state index is 6.72. The molecule has 6 aromatic carbocycles. The third kappa shape index (κ3) is 6.18. The van der Waals surface area contributed by atoms with E-state index < -0.39 is 0 Å². The summed E-state index contributed by atoms with van der Waals surface area (Å²) in [7, 11) is 0. The van der Waals surface area contributed by atoms with E-state index in [4.69, 9.17) is 9.72 Å². The first kappa shape index (κ1) is 35.4. The molecule has 0 aliphatic carbocycles. The number of nitrogens with zero attached hydrogens (tertiary/aromatic N) is 4. The number of para-hydroxylation sites is 1. The summed E-state index contributed by atoms with van der Waals surface area (Å²) in [5, 5.41) is 2.36. The smallest absolute Gasteiger partial charge is 0.137 e. The maximum absolute atomic E-state index is 6.72. The van der Waals surface area contributed by atoms with Gasteiger partial charge in [0.1, 0.15) is 24.0 Å². The highest BCUT2D eigenvalue weighted by Gasteiger charge is 2.31. The molecule has 1 aliphatic heterocycles. The zero-order valence-corrected chi connectivity index (χ0v) is 33.3. The van der Waals surface area contributed by atoms with Crippen LogP contribution in [-0.2, 0) is 10.8 Å². The SMILES string of the molecule is Cc1cc2c(cc1C)N(c1cccc(C(C)(C)c3ccccc3)c1)CN2c1cccc(Oc2ccc3c4ccccc4n(-c4cc(C(C)(C)C)ccn4)c3c2)c1. The number of pyridine rings is 1. The van der Waals surface area contributed by atoms with Crippen LogP contribution in [-0.4, -0.2) is 16.2 Å². The van der Waals surface area contributed by atoms with Gasteiger partial charge in [-0.2, -0.15) is 0 Å². The molecule has 0 saturated carbocycles. The molecule has 0 saturated heterocycles. The molecule has 0 bridgehead atoms. The van der Waals surface area contributed by atoms with E-state index in [2.05, 4.69) is 202 Å². The molecule has 56 heavy (non-hydrogen) atoms. The Kier molecular flexibility index (Phi) is 8.50. The van der Waals surface area contributed by atoms with Crippen LogP contribution in [0.2, 0.25) is 0 Å². The van der Waals surface area contributed by atoms with Gasteiger partial charge < -0.3 is 14.5 Å². The Morgan fingerprint density at radius 3 is 1.88 bits per heavy atom. The number of fused-ring (bicyclic) bond motifs is 4. The summed E-state index contributed by atoms with van der Waals surface area (Å²) in [6, 6.07) is 52.2. The lowest BCUT2D eigenvalue weighted by Gasteiger charge is -2.28. The summed E-state index contributed by atoms with van der Waals surface area (Å²) < 4.78 is 8.98. The van der Waals surface area contributed by atoms with Crippen LogP contribution < -0.4 is 14.5 Å². The number of anilines is 4. The van der Waals surface area contributed by atoms with Crippen LogP contribution in [0.25, 0.3) is 27.6 Å². The number of hydrogen-bond donors (Lipinski definition) is 0. The maximum Gasteiger partial charge on any atom is 0.137 e. The number of ether oxygens (including phenoxy) is 1. The normalized spacial score (nSPS) is 13.1. The molecular formula is C51H48N4O. The first-order valence-corrected chi connectivity index (χ1v) is 19.6. The van der Waals surface area contributed by atoms with E-state index in [1.54, 1.807) is 0 Å². The quantitative estimate of drug-likeness (QED) is 0.163. The van der Waals surface area contributed by atoms with Crippen molar-refractivity contribution in [1.29, 1.82) is 0 Å². The van der Waals surface area contributed by atoms with Gasteiger partial charge in [-0.25, -0.2) is 4.98 Å². The molecule has 8 aromatic rings. The number of aryl methyl sites for hydroxylation is 2. The Hall–Kier alpha value is -6.33. The van der Waals surface area contributed by atoms with Gasteiger partial charge in [0.25, 0.3) is 0 Å². The van der Waals surface area contributed by atoms with Crippen molar-refractivity contribution in [2.24, 2.45) is 0 Å². The molecule has 0 atom stereocenters. The molecular weight excluding hydrogens is 685 g/mol. The Morgan fingerprint density at radius 2 is 1.14 bits per heavy atom. The average Bonchev–Trinajstić information content (AvgIpc) is 3.73. The van der Waals surface area contributed by atoms with Crippen molar-refractivity contribution in [1.82, 2.24) is 9.55 Å². The second-order valence-corrected chi connectivity index (χ2v) is 16.7. The summed E-state index contributed by atoms with van der Waals surface area (Å²) in [6.45, 7) is 16.4. The Bertz CT molecular complexity index is 2750. The van der Waals surface area contributed by atoms with Crippen molar-refractivity contribution in [3.05, 3.63) is 180 Å². The van der Waals surface area contributed by atoms with Crippen LogP contribution in [0.5, 0.6) is 11.5 Å². The van der Waals surface area contributed by atoms with Gasteiger partial charge in [0, 0.05) is 45.9 Å². The highest BCUT2D eigenvalue weighted by atomic mass is 16.5. The summed E-state index contributed by atoms with van der Waals surface area (Å²) in [4.78, 5) is 9.71. The fourth-order valence-corrected chi connectivity index (χ4v) is 8.16. The highest BCUT2D eigenvalue weighted by Crippen LogP contribution is 2.47. The molecule has 278 valence electrons. The number of aromatic nitrogens is 2. The van der Waals surface area contributed by atoms with Gasteiger partial charge in [0.05, 0.1) is 22.4 Å². The average molecular weight is 733 g/mol. The number of hydrogen-bond acceptors (Lipinski definition) is 4. The molecule has 5 heteroatoms. The predicted molar refractivity (Wildman–Crippen MR) is 234 cm³/mol. The standard InChI is InChI=1S/C51H48N4O/c1-34-27-47-48(28-35(34)2)54(33-53(47)39-18-13-17-38(29-39)51(6,7)36-15-9-8-10-16-36)40-19-14-20-41(31-40)56-42-23-24-44-43-21-11-12-22-45(43)55(46(44)32-42)49-30-37(25-26-52-49)50(3,4)5/h8-32H,33H2,1-7H3. The van der Waals surface area contributed by atoms with E-state index in [1.807, 2.05) is 12.3 Å². The minimum atomic E-state index is -0.140. The van der Waals surface area contributed by atoms with Crippen molar-refractivity contribution in [2.75, 3.05) is 16.5 Å². The monoisotopic (exact) mass is 732 g/mol. The molecule has 0 unspecified atom stereocenters. The lowest BCUT2D eigenvalue weighted by atomic mass is 9.78. The molecule has 2 aromatic heterocycles. The number of rotatable bonds is 7. The molecule has 0 fully saturated rings. The summed E-state index contributed by atoms with van der Waals surface area (Å²) in [5.41, 5.74) is 13.1. The van der Waals surface area contributed by atoms with Crippen LogP contribution in [0, 0.1) is 13.8 Å². The lowest BCUT2D eigenvalue weighted by Crippen LogP contribution is -2.25. The molecule has 9 rings (SSSR count). The largest absolute Gasteiger partial charge is 0.457 e. The second kappa shape index (κ2) is 13.5. The van der Waals surface area contributed by atoms with E-state index >= 15 is 0 Å². The topological polar surface area (TPSA) is 33.5 Å². The minimum Gasteiger partial charge on any atom is -0.457 e. The second-order valence-electron chi connectivity index (χ2n) is 16.7. The lowest BCUT2D eigenvalue weighted by molar-refractivity contribution is 0.483. The molecule has 1 aliphatic rings. The van der Waals surface area contributed by atoms with Crippen molar-refractivity contribution in [3.63, 3.8) is 0 Å². The van der Waals surface area contributed by atoms with Gasteiger partial charge in [-0.05, 0) is 114 Å². The summed E-state index contributed by atoms with van der Waals surface area (Å²) in [5.74, 6) is 2.46. The highest BCUT2D eigenvalue weighted by molar-refractivity contribution is 6.09. The van der Waals surface area contributed by atoms with E-state index in [0.29, 0.717) is 6.67 Å². The van der Waals surface area contributed by atoms with Crippen LogP contribution in [0.1, 0.15) is 62.4 Å². The Morgan fingerprint density at radius 1 is 0.518 bits per heavy atom. The minimum absolute atomic E-state index is 0.00344. The zero-order chi connectivity index (χ0) is 38.8. The van der Waals surface area contributed by atoms with Crippen LogP contribution in [0.15, 0.2) is 152 Å². The Balaban J connectivity index is 1.07. The predicted octanol–water partition coefficient (Wildman–Crippen LogP) is 13.5. The Labute approximate surface area is 330 Å². The van der Waals surface area contributed by atoms with Gasteiger partial charge in [0.15, 0.2) is 0 Å². The molecule has 0 spiro atoms. The first-order chi connectivity index (χ1) is 27.0. The first-order valence-electron chi connectivity index (χ1n) is 19.6. The third-order valence-corrected chi connectivity index (χ3v) is 11.7. The van der Waals surface area contributed by atoms with E-state index in [0.717, 1.165) is 34.0 Å². The molecule has 0 radical (unpaired) electrons. The van der Waals surface area contributed by atoms with Crippen LogP contribution in [0.4, 0.5) is 22.7 Å². The molecule has 0 amide bonds. The zero-order valence-electron chi connectivity index (χ0n) is 33.3. The fourth-order valence-electron chi connectivity index (χ4n) is 8.16. The molecule has 0 N–H and O–H groups in total. The summed E-state index contributed by atoms with van der Waals surface area (Å²) in [6.07, 6.45) is 1.92. The van der Waals surface area contributed by atoms with Gasteiger partial charge in [-0.3, -0.25) is 4.57 Å². The number of benzene rings is 6.